The number of hydrogen-bond donors (Lipinski definition) is 1. The predicted octanol–water partition coefficient (Wildman–Crippen LogP) is 0.430. The second-order valence-corrected chi connectivity index (χ2v) is 6.71. The van der Waals surface area contributed by atoms with Crippen LogP contribution in [0.25, 0.3) is 0 Å². The van der Waals surface area contributed by atoms with E-state index < -0.39 is 28.2 Å². The molecular formula is C13H14N3O6S. The Bertz CT molecular complexity index is 720. The molecule has 1 heterocycles. The second-order valence-electron chi connectivity index (χ2n) is 4.80. The van der Waals surface area contributed by atoms with Gasteiger partial charge in [-0.25, -0.2) is 27.3 Å². The minimum Gasteiger partial charge on any atom is -0.464 e. The molecule has 1 radical (unpaired) electrons. The summed E-state index contributed by atoms with van der Waals surface area (Å²) in [4.78, 5) is 35.0. The first-order valence-electron chi connectivity index (χ1n) is 6.51. The lowest BCUT2D eigenvalue weighted by atomic mass is 10.1. The molecule has 1 fully saturated rings. The van der Waals surface area contributed by atoms with E-state index in [0.717, 1.165) is 6.26 Å². The van der Waals surface area contributed by atoms with Crippen LogP contribution in [0.2, 0.25) is 0 Å². The number of hydrazine groups is 1. The zero-order valence-corrected chi connectivity index (χ0v) is 12.9. The van der Waals surface area contributed by atoms with E-state index in [1.54, 1.807) is 24.5 Å². The first-order valence-corrected chi connectivity index (χ1v) is 8.36. The molecule has 0 aromatic heterocycles. The van der Waals surface area contributed by atoms with Gasteiger partial charge in [-0.15, -0.1) is 0 Å². The number of urea groups is 1. The highest BCUT2D eigenvalue weighted by Crippen LogP contribution is 2.25. The average Bonchev–Trinajstić information content (AvgIpc) is 2.86. The summed E-state index contributed by atoms with van der Waals surface area (Å²) in [5.41, 5.74) is 0.315. The lowest BCUT2D eigenvalue weighted by Crippen LogP contribution is -2.50. The van der Waals surface area contributed by atoms with Gasteiger partial charge in [0, 0.05) is 0 Å². The fourth-order valence-corrected chi connectivity index (χ4v) is 3.05. The molecule has 0 saturated carbocycles. The van der Waals surface area contributed by atoms with Crippen LogP contribution in [0.5, 0.6) is 0 Å². The highest BCUT2D eigenvalue weighted by molar-refractivity contribution is 7.88. The van der Waals surface area contributed by atoms with Gasteiger partial charge in [0.1, 0.15) is 6.04 Å². The zero-order chi connectivity index (χ0) is 17.2. The molecule has 0 aliphatic carbocycles. The van der Waals surface area contributed by atoms with E-state index in [4.69, 9.17) is 0 Å². The van der Waals surface area contributed by atoms with Crippen molar-refractivity contribution >= 4 is 28.4 Å². The second kappa shape index (κ2) is 6.24. The summed E-state index contributed by atoms with van der Waals surface area (Å²) in [6.45, 7) is -0.370. The summed E-state index contributed by atoms with van der Waals surface area (Å²) in [5.74, 6) is 0. The lowest BCUT2D eigenvalue weighted by molar-refractivity contribution is 0.0197. The molecule has 123 valence electrons. The summed E-state index contributed by atoms with van der Waals surface area (Å²) in [6, 6.07) is 5.52. The number of rotatable bonds is 5. The Hall–Kier alpha value is -2.62. The van der Waals surface area contributed by atoms with Crippen molar-refractivity contribution < 1.29 is 27.9 Å². The smallest absolute Gasteiger partial charge is 0.427 e. The summed E-state index contributed by atoms with van der Waals surface area (Å²) in [5, 5.41) is 10.6. The first-order chi connectivity index (χ1) is 10.8. The van der Waals surface area contributed by atoms with E-state index in [1.165, 1.54) is 12.1 Å². The lowest BCUT2D eigenvalue weighted by Gasteiger charge is -2.32. The van der Waals surface area contributed by atoms with Crippen LogP contribution in [0.15, 0.2) is 30.3 Å². The minimum absolute atomic E-state index is 0.177. The van der Waals surface area contributed by atoms with Gasteiger partial charge in [0.25, 0.3) is 0 Å². The van der Waals surface area contributed by atoms with Crippen LogP contribution in [-0.2, 0) is 14.8 Å². The normalized spacial score (nSPS) is 16.3. The monoisotopic (exact) mass is 340 g/mol. The minimum atomic E-state index is -3.82. The van der Waals surface area contributed by atoms with Crippen molar-refractivity contribution in [2.75, 3.05) is 19.3 Å². The molecule has 1 aromatic carbocycles. The molecule has 0 bridgehead atoms. The Kier molecular flexibility index (Phi) is 4.55. The maximum absolute atomic E-state index is 12.2. The highest BCUT2D eigenvalue weighted by Gasteiger charge is 2.42. The van der Waals surface area contributed by atoms with Crippen molar-refractivity contribution in [2.24, 2.45) is 0 Å². The van der Waals surface area contributed by atoms with Crippen LogP contribution in [0.1, 0.15) is 11.6 Å². The standard InChI is InChI=1S/C13H14N3O6S/c1-23(21,22)15-8-7-14(12(15)18)16(13(19)20)11(9-17)10-5-3-2-4-6-10/h2-6,11H,7-8H2,1H3,(H,19,20). The quantitative estimate of drug-likeness (QED) is 0.831. The molecule has 3 amide bonds. The zero-order valence-electron chi connectivity index (χ0n) is 12.1. The van der Waals surface area contributed by atoms with Gasteiger partial charge in [0.2, 0.25) is 16.3 Å². The summed E-state index contributed by atoms with van der Waals surface area (Å²) in [7, 11) is -3.82. The van der Waals surface area contributed by atoms with Gasteiger partial charge in [-0.1, -0.05) is 30.3 Å². The van der Waals surface area contributed by atoms with Crippen LogP contribution < -0.4 is 0 Å². The highest BCUT2D eigenvalue weighted by atomic mass is 32.2. The van der Waals surface area contributed by atoms with E-state index in [1.807, 2.05) is 0 Å². The van der Waals surface area contributed by atoms with Gasteiger partial charge in [0.05, 0.1) is 19.3 Å². The van der Waals surface area contributed by atoms with Gasteiger partial charge in [0.15, 0.2) is 0 Å². The van der Waals surface area contributed by atoms with Gasteiger partial charge >= 0.3 is 12.1 Å². The third-order valence-corrected chi connectivity index (χ3v) is 4.42. The third kappa shape index (κ3) is 3.26. The number of benzene rings is 1. The van der Waals surface area contributed by atoms with Gasteiger partial charge in [-0.2, -0.15) is 5.01 Å². The van der Waals surface area contributed by atoms with Crippen LogP contribution >= 0.6 is 0 Å². The molecule has 1 saturated heterocycles. The number of hydrogen-bond acceptors (Lipinski definition) is 5. The predicted molar refractivity (Wildman–Crippen MR) is 78.4 cm³/mol. The molecule has 9 nitrogen and oxygen atoms in total. The van der Waals surface area contributed by atoms with Crippen LogP contribution in [0, 0.1) is 0 Å². The van der Waals surface area contributed by atoms with Crippen molar-refractivity contribution in [2.45, 2.75) is 6.04 Å². The number of nitrogens with zero attached hydrogens (tertiary/aromatic N) is 3. The fourth-order valence-electron chi connectivity index (χ4n) is 2.26. The Morgan fingerprint density at radius 2 is 1.91 bits per heavy atom. The van der Waals surface area contributed by atoms with E-state index in [0.29, 0.717) is 19.9 Å². The van der Waals surface area contributed by atoms with Gasteiger partial charge in [-0.3, -0.25) is 4.79 Å². The number of sulfonamides is 1. The van der Waals surface area contributed by atoms with Crippen molar-refractivity contribution in [3.8, 4) is 0 Å². The molecule has 1 N–H and O–H groups in total. The number of carbonyl (C=O) groups is 2. The molecule has 2 rings (SSSR count). The largest absolute Gasteiger partial charge is 0.464 e. The first kappa shape index (κ1) is 16.7. The maximum Gasteiger partial charge on any atom is 0.427 e. The van der Waals surface area contributed by atoms with Crippen molar-refractivity contribution in [3.63, 3.8) is 0 Å². The van der Waals surface area contributed by atoms with E-state index in [9.17, 15) is 27.9 Å². The molecule has 1 aliphatic rings. The summed E-state index contributed by atoms with van der Waals surface area (Å²) in [6.07, 6.45) is 0.867. The van der Waals surface area contributed by atoms with Crippen molar-refractivity contribution in [1.82, 2.24) is 14.3 Å². The molecule has 1 atom stereocenters. The molecule has 23 heavy (non-hydrogen) atoms. The summed E-state index contributed by atoms with van der Waals surface area (Å²) < 4.78 is 23.6. The molecule has 1 unspecified atom stereocenters. The molecular weight excluding hydrogens is 326 g/mol. The Labute approximate surface area is 132 Å². The van der Waals surface area contributed by atoms with Crippen molar-refractivity contribution in [1.29, 1.82) is 0 Å². The molecule has 10 heteroatoms. The summed E-state index contributed by atoms with van der Waals surface area (Å²) >= 11 is 0. The molecule has 1 aromatic rings. The molecule has 0 spiro atoms. The van der Waals surface area contributed by atoms with Crippen LogP contribution in [0.4, 0.5) is 9.59 Å². The number of carbonyl (C=O) groups excluding carboxylic acids is 2. The Balaban J connectivity index is 2.38. The van der Waals surface area contributed by atoms with Crippen LogP contribution in [-0.4, -0.2) is 65.6 Å². The third-order valence-electron chi connectivity index (χ3n) is 3.28. The van der Waals surface area contributed by atoms with Crippen LogP contribution in [0.3, 0.4) is 0 Å². The Morgan fingerprint density at radius 1 is 1.30 bits per heavy atom. The average molecular weight is 340 g/mol. The number of carboxylic acid groups (broad SMARTS) is 1. The maximum atomic E-state index is 12.2. The van der Waals surface area contributed by atoms with Gasteiger partial charge < -0.3 is 5.11 Å². The van der Waals surface area contributed by atoms with E-state index in [-0.39, 0.29) is 13.1 Å². The number of amides is 3. The van der Waals surface area contributed by atoms with Crippen molar-refractivity contribution in [3.05, 3.63) is 35.9 Å². The Morgan fingerprint density at radius 3 is 2.35 bits per heavy atom. The fraction of sp³-hybridized carbons (Fsp3) is 0.308. The van der Waals surface area contributed by atoms with E-state index in [2.05, 4.69) is 0 Å². The van der Waals surface area contributed by atoms with E-state index >= 15 is 0 Å². The van der Waals surface area contributed by atoms with Gasteiger partial charge in [-0.05, 0) is 5.56 Å². The SMILES string of the molecule is CS(=O)(=O)N1CCN(N(C(=O)O)C([C]=O)c2ccccc2)C1=O. The topological polar surface area (TPSA) is 115 Å². The molecule has 1 aliphatic heterocycles.